The Morgan fingerprint density at radius 3 is 2.14 bits per heavy atom. The lowest BCUT2D eigenvalue weighted by Crippen LogP contribution is -2.48. The highest BCUT2D eigenvalue weighted by molar-refractivity contribution is 7.89. The van der Waals surface area contributed by atoms with Crippen LogP contribution in [0, 0.1) is 0 Å². The number of hydrogen-bond acceptors (Lipinski definition) is 8. The van der Waals surface area contributed by atoms with Gasteiger partial charge < -0.3 is 29.0 Å². The summed E-state index contributed by atoms with van der Waals surface area (Å²) in [7, 11) is -3.60. The van der Waals surface area contributed by atoms with Gasteiger partial charge in [0.25, 0.3) is 0 Å². The lowest BCUT2D eigenvalue weighted by Gasteiger charge is -2.41. The molecule has 224 valence electrons. The van der Waals surface area contributed by atoms with Gasteiger partial charge in [0.15, 0.2) is 12.1 Å². The normalized spacial score (nSPS) is 24.6. The van der Waals surface area contributed by atoms with Crippen molar-refractivity contribution in [1.82, 2.24) is 9.62 Å². The number of rotatable bonds is 9. The third kappa shape index (κ3) is 6.93. The molecule has 0 aromatic heterocycles. The van der Waals surface area contributed by atoms with Crippen LogP contribution in [0.2, 0.25) is 0 Å². The second kappa shape index (κ2) is 12.9. The summed E-state index contributed by atoms with van der Waals surface area (Å²) in [6.07, 6.45) is 1.62. The number of aliphatic hydroxyl groups excluding tert-OH is 1. The fourth-order valence-corrected chi connectivity index (χ4v) is 6.88. The molecule has 0 bridgehead atoms. The van der Waals surface area contributed by atoms with Gasteiger partial charge in [0.2, 0.25) is 10.0 Å². The van der Waals surface area contributed by atoms with Crippen LogP contribution in [0.1, 0.15) is 53.9 Å². The molecule has 0 aliphatic carbocycles. The number of ether oxygens (including phenoxy) is 4. The third-order valence-electron chi connectivity index (χ3n) is 8.28. The third-order valence-corrected chi connectivity index (χ3v) is 9.70. The molecule has 1 spiro atoms. The number of sulfonamides is 1. The molecule has 3 aliphatic heterocycles. The molecule has 0 saturated carbocycles. The van der Waals surface area contributed by atoms with Gasteiger partial charge in [-0.3, -0.25) is 0 Å². The molecule has 0 radical (unpaired) electrons. The van der Waals surface area contributed by atoms with Gasteiger partial charge in [0.05, 0.1) is 36.9 Å². The average molecular weight is 595 g/mol. The molecule has 9 nitrogen and oxygen atoms in total. The fourth-order valence-electron chi connectivity index (χ4n) is 5.84. The standard InChI is InChI=1S/C32H38N2O7S/c35-23-25-8-10-26(11-9-25)30-20-28(22-34-16-14-32(15-17-34)38-18-19-39-32)40-31(41-30)27-12-6-24(7-13-27)21-33-42(36,37)29-4-2-1-3-5-29/h1-13,28,30-31,33,35H,14-23H2. The van der Waals surface area contributed by atoms with Crippen molar-refractivity contribution in [2.24, 2.45) is 0 Å². The summed E-state index contributed by atoms with van der Waals surface area (Å²) in [4.78, 5) is 2.65. The van der Waals surface area contributed by atoms with E-state index >= 15 is 0 Å². The SMILES string of the molecule is O=S(=O)(NCc1ccc(C2OC(CN3CCC4(CC3)OCCO4)CC(c3ccc(CO)cc3)O2)cc1)c1ccccc1. The predicted molar refractivity (Wildman–Crippen MR) is 156 cm³/mol. The first-order chi connectivity index (χ1) is 20.4. The number of nitrogens with one attached hydrogen (secondary N) is 1. The first-order valence-electron chi connectivity index (χ1n) is 14.6. The molecule has 3 aromatic rings. The molecule has 3 heterocycles. The smallest absolute Gasteiger partial charge is 0.240 e. The van der Waals surface area contributed by atoms with Crippen molar-refractivity contribution in [3.63, 3.8) is 0 Å². The van der Waals surface area contributed by atoms with Gasteiger partial charge in [-0.25, -0.2) is 13.1 Å². The minimum atomic E-state index is -3.60. The number of likely N-dealkylation sites (tertiary alicyclic amines) is 1. The first kappa shape index (κ1) is 29.4. The van der Waals surface area contributed by atoms with Gasteiger partial charge in [-0.15, -0.1) is 0 Å². The summed E-state index contributed by atoms with van der Waals surface area (Å²) in [5.74, 6) is -0.413. The summed E-state index contributed by atoms with van der Waals surface area (Å²) >= 11 is 0. The topological polar surface area (TPSA) is 107 Å². The van der Waals surface area contributed by atoms with Crippen LogP contribution in [0.3, 0.4) is 0 Å². The Morgan fingerprint density at radius 1 is 0.833 bits per heavy atom. The lowest BCUT2D eigenvalue weighted by molar-refractivity contribution is -0.255. The molecule has 3 saturated heterocycles. The van der Waals surface area contributed by atoms with Crippen LogP contribution in [0.4, 0.5) is 0 Å². The molecular formula is C32H38N2O7S. The molecule has 10 heteroatoms. The molecule has 2 N–H and O–H groups in total. The molecule has 3 aliphatic rings. The molecule has 3 fully saturated rings. The average Bonchev–Trinajstić information content (AvgIpc) is 3.50. The number of hydrogen-bond donors (Lipinski definition) is 2. The molecule has 3 atom stereocenters. The van der Waals surface area contributed by atoms with E-state index in [1.54, 1.807) is 30.3 Å². The van der Waals surface area contributed by atoms with Crippen LogP contribution in [-0.2, 0) is 42.1 Å². The van der Waals surface area contributed by atoms with Crippen molar-refractivity contribution in [3.05, 3.63) is 101 Å². The Kier molecular flexibility index (Phi) is 9.04. The summed E-state index contributed by atoms with van der Waals surface area (Å²) in [5.41, 5.74) is 3.61. The summed E-state index contributed by atoms with van der Waals surface area (Å²) in [6.45, 7) is 4.05. The highest BCUT2D eigenvalue weighted by atomic mass is 32.2. The van der Waals surface area contributed by atoms with Crippen LogP contribution in [0.25, 0.3) is 0 Å². The zero-order chi connectivity index (χ0) is 29.0. The summed E-state index contributed by atoms with van der Waals surface area (Å²) < 4.78 is 52.7. The minimum absolute atomic E-state index is 0.00208. The van der Waals surface area contributed by atoms with Crippen molar-refractivity contribution >= 4 is 10.0 Å². The van der Waals surface area contributed by atoms with Gasteiger partial charge in [0, 0.05) is 51.0 Å². The lowest BCUT2D eigenvalue weighted by atomic mass is 9.98. The van der Waals surface area contributed by atoms with Crippen LogP contribution in [0.5, 0.6) is 0 Å². The zero-order valence-electron chi connectivity index (χ0n) is 23.6. The van der Waals surface area contributed by atoms with E-state index in [4.69, 9.17) is 18.9 Å². The quantitative estimate of drug-likeness (QED) is 0.383. The van der Waals surface area contributed by atoms with Gasteiger partial charge in [-0.2, -0.15) is 0 Å². The van der Waals surface area contributed by atoms with E-state index in [2.05, 4.69) is 9.62 Å². The molecular weight excluding hydrogens is 556 g/mol. The Morgan fingerprint density at radius 2 is 1.48 bits per heavy atom. The largest absolute Gasteiger partial charge is 0.392 e. The Hall–Kier alpha value is -2.67. The van der Waals surface area contributed by atoms with Gasteiger partial charge in [-0.05, 0) is 28.8 Å². The predicted octanol–water partition coefficient (Wildman–Crippen LogP) is 4.04. The number of aliphatic hydroxyl groups is 1. The maximum absolute atomic E-state index is 12.6. The summed E-state index contributed by atoms with van der Waals surface area (Å²) in [5, 5.41) is 9.48. The first-order valence-corrected chi connectivity index (χ1v) is 16.0. The van der Waals surface area contributed by atoms with E-state index < -0.39 is 22.1 Å². The Bertz CT molecular complexity index is 1400. The highest BCUT2D eigenvalue weighted by Gasteiger charge is 2.41. The Labute approximate surface area is 247 Å². The van der Waals surface area contributed by atoms with Gasteiger partial charge in [-0.1, -0.05) is 66.7 Å². The van der Waals surface area contributed by atoms with Crippen LogP contribution < -0.4 is 4.72 Å². The van der Waals surface area contributed by atoms with E-state index in [1.165, 1.54) is 0 Å². The van der Waals surface area contributed by atoms with Gasteiger partial charge >= 0.3 is 0 Å². The molecule has 42 heavy (non-hydrogen) atoms. The van der Waals surface area contributed by atoms with Crippen LogP contribution in [-0.4, -0.2) is 63.2 Å². The fraction of sp³-hybridized carbons (Fsp3) is 0.438. The monoisotopic (exact) mass is 594 g/mol. The second-order valence-corrected chi connectivity index (χ2v) is 12.9. The minimum Gasteiger partial charge on any atom is -0.392 e. The van der Waals surface area contributed by atoms with E-state index in [0.717, 1.165) is 54.7 Å². The van der Waals surface area contributed by atoms with Gasteiger partial charge in [0.1, 0.15) is 0 Å². The van der Waals surface area contributed by atoms with Crippen molar-refractivity contribution < 1.29 is 32.5 Å². The van der Waals surface area contributed by atoms with E-state index in [-0.39, 0.29) is 30.3 Å². The van der Waals surface area contributed by atoms with Crippen molar-refractivity contribution in [2.45, 2.75) is 61.6 Å². The maximum atomic E-state index is 12.6. The Balaban J connectivity index is 1.13. The molecule has 6 rings (SSSR count). The number of piperidine rings is 1. The zero-order valence-corrected chi connectivity index (χ0v) is 24.4. The second-order valence-electron chi connectivity index (χ2n) is 11.1. The highest BCUT2D eigenvalue weighted by Crippen LogP contribution is 2.39. The summed E-state index contributed by atoms with van der Waals surface area (Å²) in [6, 6.07) is 23.9. The van der Waals surface area contributed by atoms with Crippen LogP contribution in [0.15, 0.2) is 83.8 Å². The molecule has 0 amide bonds. The number of nitrogens with zero attached hydrogens (tertiary/aromatic N) is 1. The van der Waals surface area contributed by atoms with Crippen molar-refractivity contribution in [2.75, 3.05) is 32.8 Å². The van der Waals surface area contributed by atoms with E-state index in [0.29, 0.717) is 19.6 Å². The van der Waals surface area contributed by atoms with Crippen molar-refractivity contribution in [1.29, 1.82) is 0 Å². The molecule has 3 aromatic carbocycles. The maximum Gasteiger partial charge on any atom is 0.240 e. The van der Waals surface area contributed by atoms with Crippen LogP contribution >= 0.6 is 0 Å². The van der Waals surface area contributed by atoms with Crippen molar-refractivity contribution in [3.8, 4) is 0 Å². The van der Waals surface area contributed by atoms with E-state index in [1.807, 2.05) is 48.5 Å². The van der Waals surface area contributed by atoms with E-state index in [9.17, 15) is 13.5 Å². The number of benzene rings is 3. The molecule has 3 unspecified atom stereocenters.